The van der Waals surface area contributed by atoms with E-state index in [2.05, 4.69) is 10.3 Å². The second-order valence-corrected chi connectivity index (χ2v) is 9.11. The van der Waals surface area contributed by atoms with Gasteiger partial charge >= 0.3 is 0 Å². The van der Waals surface area contributed by atoms with Crippen molar-refractivity contribution in [1.82, 2.24) is 9.88 Å². The Morgan fingerprint density at radius 1 is 1.32 bits per heavy atom. The predicted molar refractivity (Wildman–Crippen MR) is 117 cm³/mol. The number of aliphatic hydroxyl groups is 1. The fourth-order valence-electron chi connectivity index (χ4n) is 4.80. The van der Waals surface area contributed by atoms with Crippen LogP contribution in [-0.2, 0) is 6.54 Å². The Kier molecular flexibility index (Phi) is 5.25. The lowest BCUT2D eigenvalue weighted by Crippen LogP contribution is -2.51. The van der Waals surface area contributed by atoms with Crippen molar-refractivity contribution in [1.29, 1.82) is 0 Å². The van der Waals surface area contributed by atoms with Gasteiger partial charge in [-0.1, -0.05) is 12.1 Å². The normalized spacial score (nSPS) is 16.8. The number of carbonyl (C=O) groups excluding carboxylic acids is 2. The monoisotopic (exact) mass is 423 g/mol. The Hall–Kier alpha value is -2.93. The van der Waals surface area contributed by atoms with Crippen molar-refractivity contribution >= 4 is 17.5 Å². The zero-order valence-corrected chi connectivity index (χ0v) is 18.7. The number of nitrogens with zero attached hydrogens (tertiary/aromatic N) is 2. The third-order valence-electron chi connectivity index (χ3n) is 6.23. The molecule has 0 saturated heterocycles. The van der Waals surface area contributed by atoms with Crippen molar-refractivity contribution in [3.63, 3.8) is 0 Å². The molecule has 1 aromatic heterocycles. The highest BCUT2D eigenvalue weighted by molar-refractivity contribution is 6.11. The lowest BCUT2D eigenvalue weighted by Gasteiger charge is -2.37. The van der Waals surface area contributed by atoms with Crippen LogP contribution in [0.25, 0.3) is 0 Å². The molecule has 31 heavy (non-hydrogen) atoms. The van der Waals surface area contributed by atoms with Crippen LogP contribution in [0.15, 0.2) is 24.4 Å². The summed E-state index contributed by atoms with van der Waals surface area (Å²) in [7, 11) is 1.52. The number of nitrogens with one attached hydrogen (secondary N) is 1. The molecule has 4 rings (SSSR count). The number of amides is 2. The summed E-state index contributed by atoms with van der Waals surface area (Å²) in [6.07, 6.45) is 3.63. The number of anilines is 1. The molecule has 1 aliphatic heterocycles. The number of hydrogen-bond donors (Lipinski definition) is 2. The minimum atomic E-state index is -0.996. The van der Waals surface area contributed by atoms with Gasteiger partial charge in [-0.3, -0.25) is 9.59 Å². The molecule has 1 atom stereocenters. The molecule has 0 spiro atoms. The third kappa shape index (κ3) is 3.78. The summed E-state index contributed by atoms with van der Waals surface area (Å²) < 4.78 is 5.26. The summed E-state index contributed by atoms with van der Waals surface area (Å²) in [5, 5.41) is 13.7. The SMILES string of the molecule is COc1ncc(C)c(C(=O)Nc2cccc3c2C(=O)N(C(C2CC2)C(C)(C)O)C3)c1C. The van der Waals surface area contributed by atoms with Gasteiger partial charge in [-0.05, 0) is 63.6 Å². The van der Waals surface area contributed by atoms with Crippen molar-refractivity contribution < 1.29 is 19.4 Å². The van der Waals surface area contributed by atoms with E-state index >= 15 is 0 Å². The van der Waals surface area contributed by atoms with Gasteiger partial charge in [0.25, 0.3) is 11.8 Å². The smallest absolute Gasteiger partial charge is 0.256 e. The van der Waals surface area contributed by atoms with E-state index in [1.54, 1.807) is 37.9 Å². The van der Waals surface area contributed by atoms with Crippen molar-refractivity contribution in [2.24, 2.45) is 5.92 Å². The Morgan fingerprint density at radius 3 is 2.65 bits per heavy atom. The van der Waals surface area contributed by atoms with Crippen molar-refractivity contribution in [2.45, 2.75) is 58.7 Å². The highest BCUT2D eigenvalue weighted by atomic mass is 16.5. The number of aromatic nitrogens is 1. The number of fused-ring (bicyclic) bond motifs is 1. The molecule has 1 aliphatic carbocycles. The second kappa shape index (κ2) is 7.64. The summed E-state index contributed by atoms with van der Waals surface area (Å²) in [6, 6.07) is 5.25. The van der Waals surface area contributed by atoms with E-state index in [4.69, 9.17) is 4.74 Å². The van der Waals surface area contributed by atoms with Gasteiger partial charge in [0.1, 0.15) is 0 Å². The number of aryl methyl sites for hydroxylation is 1. The van der Waals surface area contributed by atoms with E-state index in [0.717, 1.165) is 24.0 Å². The first-order valence-electron chi connectivity index (χ1n) is 10.6. The molecule has 7 nitrogen and oxygen atoms in total. The molecule has 2 heterocycles. The molecule has 0 radical (unpaired) electrons. The van der Waals surface area contributed by atoms with E-state index in [9.17, 15) is 14.7 Å². The highest BCUT2D eigenvalue weighted by Crippen LogP contribution is 2.43. The fourth-order valence-corrected chi connectivity index (χ4v) is 4.80. The molecule has 2 aliphatic rings. The van der Waals surface area contributed by atoms with Gasteiger partial charge < -0.3 is 20.1 Å². The van der Waals surface area contributed by atoms with Crippen molar-refractivity contribution in [3.05, 3.63) is 52.2 Å². The van der Waals surface area contributed by atoms with Crippen LogP contribution in [0.3, 0.4) is 0 Å². The standard InChI is InChI=1S/C24H29N3O4/c1-13-11-25-22(31-5)14(2)18(13)21(28)26-17-8-6-7-16-12-27(23(29)19(16)17)20(15-9-10-15)24(3,4)30/h6-8,11,15,20,30H,9-10,12H2,1-5H3,(H,26,28). The predicted octanol–water partition coefficient (Wildman–Crippen LogP) is 3.46. The van der Waals surface area contributed by atoms with Gasteiger partial charge in [-0.15, -0.1) is 0 Å². The molecule has 2 aromatic rings. The van der Waals surface area contributed by atoms with E-state index in [0.29, 0.717) is 40.7 Å². The second-order valence-electron chi connectivity index (χ2n) is 9.11. The molecule has 1 fully saturated rings. The first-order valence-corrected chi connectivity index (χ1v) is 10.6. The van der Waals surface area contributed by atoms with E-state index < -0.39 is 5.60 Å². The molecule has 2 N–H and O–H groups in total. The van der Waals surface area contributed by atoms with Crippen LogP contribution < -0.4 is 10.1 Å². The van der Waals surface area contributed by atoms with Gasteiger partial charge in [0.15, 0.2) is 0 Å². The Labute approximate surface area is 182 Å². The Balaban J connectivity index is 1.66. The molecule has 1 saturated carbocycles. The number of methoxy groups -OCH3 is 1. The number of ether oxygens (including phenoxy) is 1. The van der Waals surface area contributed by atoms with Crippen LogP contribution in [-0.4, -0.2) is 45.6 Å². The summed E-state index contributed by atoms with van der Waals surface area (Å²) >= 11 is 0. The first-order chi connectivity index (χ1) is 14.6. The van der Waals surface area contributed by atoms with Crippen LogP contribution in [0.5, 0.6) is 5.88 Å². The minimum absolute atomic E-state index is 0.148. The van der Waals surface area contributed by atoms with Crippen LogP contribution in [0.2, 0.25) is 0 Å². The van der Waals surface area contributed by atoms with Crippen LogP contribution in [0, 0.1) is 19.8 Å². The van der Waals surface area contributed by atoms with Crippen LogP contribution in [0.1, 0.15) is 64.1 Å². The van der Waals surface area contributed by atoms with Gasteiger partial charge in [0.05, 0.1) is 35.6 Å². The molecule has 164 valence electrons. The number of benzene rings is 1. The highest BCUT2D eigenvalue weighted by Gasteiger charge is 2.48. The summed E-state index contributed by atoms with van der Waals surface area (Å²) in [5.41, 5.74) is 2.71. The zero-order chi connectivity index (χ0) is 22.5. The van der Waals surface area contributed by atoms with Gasteiger partial charge in [-0.25, -0.2) is 4.98 Å². The molecular formula is C24H29N3O4. The van der Waals surface area contributed by atoms with Crippen LogP contribution in [0.4, 0.5) is 5.69 Å². The van der Waals surface area contributed by atoms with E-state index in [1.807, 2.05) is 19.1 Å². The molecule has 0 bridgehead atoms. The minimum Gasteiger partial charge on any atom is -0.481 e. The van der Waals surface area contributed by atoms with E-state index in [-0.39, 0.29) is 17.9 Å². The quantitative estimate of drug-likeness (QED) is 0.742. The lowest BCUT2D eigenvalue weighted by molar-refractivity contribution is -0.0224. The maximum atomic E-state index is 13.4. The number of hydrogen-bond acceptors (Lipinski definition) is 5. The Bertz CT molecular complexity index is 1050. The topological polar surface area (TPSA) is 91.8 Å². The average Bonchev–Trinajstić information content (AvgIpc) is 3.45. The fraction of sp³-hybridized carbons (Fsp3) is 0.458. The maximum Gasteiger partial charge on any atom is 0.256 e. The first kappa shape index (κ1) is 21.3. The summed E-state index contributed by atoms with van der Waals surface area (Å²) in [5.74, 6) is 0.252. The Morgan fingerprint density at radius 2 is 2.03 bits per heavy atom. The zero-order valence-electron chi connectivity index (χ0n) is 18.7. The lowest BCUT2D eigenvalue weighted by atomic mass is 9.93. The average molecular weight is 424 g/mol. The largest absolute Gasteiger partial charge is 0.481 e. The van der Waals surface area contributed by atoms with Gasteiger partial charge in [0.2, 0.25) is 5.88 Å². The number of carbonyl (C=O) groups is 2. The van der Waals surface area contributed by atoms with Crippen molar-refractivity contribution in [3.8, 4) is 5.88 Å². The van der Waals surface area contributed by atoms with Gasteiger partial charge in [0, 0.05) is 18.3 Å². The molecule has 1 unspecified atom stereocenters. The molecule has 1 aromatic carbocycles. The summed E-state index contributed by atoms with van der Waals surface area (Å²) in [4.78, 5) is 32.6. The third-order valence-corrected chi connectivity index (χ3v) is 6.23. The molecule has 7 heteroatoms. The van der Waals surface area contributed by atoms with Crippen molar-refractivity contribution in [2.75, 3.05) is 12.4 Å². The number of pyridine rings is 1. The van der Waals surface area contributed by atoms with E-state index in [1.165, 1.54) is 7.11 Å². The molecule has 2 amide bonds. The van der Waals surface area contributed by atoms with Gasteiger partial charge in [-0.2, -0.15) is 0 Å². The van der Waals surface area contributed by atoms with Crippen LogP contribution >= 0.6 is 0 Å². The summed E-state index contributed by atoms with van der Waals surface area (Å²) in [6.45, 7) is 7.57. The number of rotatable bonds is 6. The molecular weight excluding hydrogens is 394 g/mol. The maximum absolute atomic E-state index is 13.4.